The molecule has 2 rings (SSSR count). The van der Waals surface area contributed by atoms with Gasteiger partial charge in [-0.1, -0.05) is 6.92 Å². The standard InChI is InChI=1S/C10H13N3O3/c1-2-8(14)13-4-3-6-7(5-13)11-12-9(6)10(15)16/h2-5H2,1H3,(H,11,12)(H,15,16). The highest BCUT2D eigenvalue weighted by molar-refractivity contribution is 5.87. The Kier molecular flexibility index (Phi) is 2.64. The van der Waals surface area contributed by atoms with E-state index in [4.69, 9.17) is 5.11 Å². The number of fused-ring (bicyclic) bond motifs is 1. The second-order valence-corrected chi connectivity index (χ2v) is 3.75. The van der Waals surface area contributed by atoms with Crippen molar-refractivity contribution in [2.45, 2.75) is 26.3 Å². The van der Waals surface area contributed by atoms with Crippen LogP contribution in [0.2, 0.25) is 0 Å². The number of aromatic amines is 1. The number of hydrogen-bond donors (Lipinski definition) is 2. The lowest BCUT2D eigenvalue weighted by atomic mass is 10.0. The zero-order valence-corrected chi connectivity index (χ0v) is 8.99. The maximum atomic E-state index is 11.5. The summed E-state index contributed by atoms with van der Waals surface area (Å²) < 4.78 is 0. The molecule has 0 bridgehead atoms. The van der Waals surface area contributed by atoms with E-state index in [1.54, 1.807) is 4.90 Å². The number of aromatic carboxylic acids is 1. The van der Waals surface area contributed by atoms with E-state index in [9.17, 15) is 9.59 Å². The maximum absolute atomic E-state index is 11.5. The van der Waals surface area contributed by atoms with Crippen LogP contribution in [0.25, 0.3) is 0 Å². The van der Waals surface area contributed by atoms with Crippen molar-refractivity contribution in [1.82, 2.24) is 15.1 Å². The zero-order chi connectivity index (χ0) is 11.7. The molecule has 1 aliphatic rings. The van der Waals surface area contributed by atoms with E-state index in [2.05, 4.69) is 10.2 Å². The third-order valence-corrected chi connectivity index (χ3v) is 2.79. The molecule has 2 N–H and O–H groups in total. The number of H-pyrrole nitrogens is 1. The van der Waals surface area contributed by atoms with Gasteiger partial charge in [-0.25, -0.2) is 4.79 Å². The first-order chi connectivity index (χ1) is 7.63. The number of carbonyl (C=O) groups is 2. The maximum Gasteiger partial charge on any atom is 0.356 e. The molecule has 6 heteroatoms. The van der Waals surface area contributed by atoms with E-state index in [1.807, 2.05) is 6.92 Å². The second kappa shape index (κ2) is 3.96. The number of nitrogens with one attached hydrogen (secondary N) is 1. The lowest BCUT2D eigenvalue weighted by molar-refractivity contribution is -0.131. The summed E-state index contributed by atoms with van der Waals surface area (Å²) in [7, 11) is 0. The molecule has 0 unspecified atom stereocenters. The summed E-state index contributed by atoms with van der Waals surface area (Å²) in [5.41, 5.74) is 1.55. The van der Waals surface area contributed by atoms with Crippen LogP contribution in [0.15, 0.2) is 0 Å². The molecule has 1 aromatic heterocycles. The Morgan fingerprint density at radius 1 is 1.56 bits per heavy atom. The third-order valence-electron chi connectivity index (χ3n) is 2.79. The van der Waals surface area contributed by atoms with Crippen molar-refractivity contribution >= 4 is 11.9 Å². The Labute approximate surface area is 92.3 Å². The molecule has 0 atom stereocenters. The fourth-order valence-electron chi connectivity index (χ4n) is 1.93. The fourth-order valence-corrected chi connectivity index (χ4v) is 1.93. The van der Waals surface area contributed by atoms with E-state index in [-0.39, 0.29) is 11.6 Å². The minimum absolute atomic E-state index is 0.0807. The highest BCUT2D eigenvalue weighted by Crippen LogP contribution is 2.20. The van der Waals surface area contributed by atoms with Crippen molar-refractivity contribution in [1.29, 1.82) is 0 Å². The highest BCUT2D eigenvalue weighted by atomic mass is 16.4. The SMILES string of the molecule is CCC(=O)N1CCc2c(C(=O)O)n[nH]c2C1. The summed E-state index contributed by atoms with van der Waals surface area (Å²) in [5.74, 6) is -0.940. The lowest BCUT2D eigenvalue weighted by Crippen LogP contribution is -2.35. The number of amides is 1. The Hall–Kier alpha value is -1.85. The van der Waals surface area contributed by atoms with E-state index in [1.165, 1.54) is 0 Å². The molecule has 1 amide bonds. The normalized spacial score (nSPS) is 14.7. The molecule has 0 saturated carbocycles. The number of carboxylic acids is 1. The monoisotopic (exact) mass is 223 g/mol. The van der Waals surface area contributed by atoms with Gasteiger partial charge < -0.3 is 10.0 Å². The van der Waals surface area contributed by atoms with Gasteiger partial charge in [0.25, 0.3) is 0 Å². The topological polar surface area (TPSA) is 86.3 Å². The van der Waals surface area contributed by atoms with Gasteiger partial charge >= 0.3 is 5.97 Å². The first kappa shape index (κ1) is 10.7. The van der Waals surface area contributed by atoms with Crippen molar-refractivity contribution in [3.05, 3.63) is 17.0 Å². The van der Waals surface area contributed by atoms with Gasteiger partial charge in [-0.3, -0.25) is 9.89 Å². The summed E-state index contributed by atoms with van der Waals surface area (Å²) in [6.07, 6.45) is 1.02. The predicted octanol–water partition coefficient (Wildman–Crippen LogP) is 0.403. The van der Waals surface area contributed by atoms with Crippen LogP contribution in [0.5, 0.6) is 0 Å². The first-order valence-corrected chi connectivity index (χ1v) is 5.20. The number of carboxylic acid groups (broad SMARTS) is 1. The average Bonchev–Trinajstić information content (AvgIpc) is 2.70. The summed E-state index contributed by atoms with van der Waals surface area (Å²) in [5, 5.41) is 15.3. The summed E-state index contributed by atoms with van der Waals surface area (Å²) in [6, 6.07) is 0. The molecule has 2 heterocycles. The summed E-state index contributed by atoms with van der Waals surface area (Å²) in [6.45, 7) is 2.81. The highest BCUT2D eigenvalue weighted by Gasteiger charge is 2.26. The van der Waals surface area contributed by atoms with Gasteiger partial charge in [-0.05, 0) is 6.42 Å². The van der Waals surface area contributed by atoms with Crippen molar-refractivity contribution in [2.75, 3.05) is 6.54 Å². The average molecular weight is 223 g/mol. The molecule has 1 aliphatic heterocycles. The van der Waals surface area contributed by atoms with Crippen LogP contribution < -0.4 is 0 Å². The van der Waals surface area contributed by atoms with Gasteiger partial charge in [0.1, 0.15) is 0 Å². The summed E-state index contributed by atoms with van der Waals surface area (Å²) >= 11 is 0. The lowest BCUT2D eigenvalue weighted by Gasteiger charge is -2.26. The Morgan fingerprint density at radius 2 is 2.31 bits per heavy atom. The smallest absolute Gasteiger partial charge is 0.356 e. The molecule has 86 valence electrons. The number of rotatable bonds is 2. The van der Waals surface area contributed by atoms with E-state index in [0.717, 1.165) is 11.3 Å². The number of nitrogens with zero attached hydrogens (tertiary/aromatic N) is 2. The quantitative estimate of drug-likeness (QED) is 0.760. The van der Waals surface area contributed by atoms with Crippen molar-refractivity contribution < 1.29 is 14.7 Å². The van der Waals surface area contributed by atoms with Crippen LogP contribution in [-0.2, 0) is 17.8 Å². The van der Waals surface area contributed by atoms with Crippen molar-refractivity contribution in [3.8, 4) is 0 Å². The van der Waals surface area contributed by atoms with Gasteiger partial charge in [-0.15, -0.1) is 0 Å². The van der Waals surface area contributed by atoms with Gasteiger partial charge in [0, 0.05) is 18.5 Å². The zero-order valence-electron chi connectivity index (χ0n) is 8.99. The number of hydrogen-bond acceptors (Lipinski definition) is 3. The van der Waals surface area contributed by atoms with Gasteiger partial charge in [0.2, 0.25) is 5.91 Å². The van der Waals surface area contributed by atoms with Crippen LogP contribution in [0.3, 0.4) is 0 Å². The van der Waals surface area contributed by atoms with Gasteiger partial charge in [-0.2, -0.15) is 5.10 Å². The summed E-state index contributed by atoms with van der Waals surface area (Å²) in [4.78, 5) is 24.0. The molecular formula is C10H13N3O3. The predicted molar refractivity (Wildman–Crippen MR) is 55.0 cm³/mol. The number of aromatic nitrogens is 2. The molecule has 0 spiro atoms. The van der Waals surface area contributed by atoms with Gasteiger partial charge in [0.05, 0.1) is 12.2 Å². The third kappa shape index (κ3) is 1.66. The molecule has 16 heavy (non-hydrogen) atoms. The Morgan fingerprint density at radius 3 is 2.94 bits per heavy atom. The van der Waals surface area contributed by atoms with Crippen molar-refractivity contribution in [3.63, 3.8) is 0 Å². The molecule has 6 nitrogen and oxygen atoms in total. The number of carbonyl (C=O) groups excluding carboxylic acids is 1. The Bertz CT molecular complexity index is 439. The molecule has 0 fully saturated rings. The van der Waals surface area contributed by atoms with Gasteiger partial charge in [0.15, 0.2) is 5.69 Å². The minimum atomic E-state index is -1.02. The van der Waals surface area contributed by atoms with Crippen LogP contribution in [0.4, 0.5) is 0 Å². The van der Waals surface area contributed by atoms with E-state index in [0.29, 0.717) is 25.9 Å². The van der Waals surface area contributed by atoms with Crippen LogP contribution in [0.1, 0.15) is 35.1 Å². The first-order valence-electron chi connectivity index (χ1n) is 5.20. The molecule has 0 aromatic carbocycles. The largest absolute Gasteiger partial charge is 0.476 e. The molecule has 0 radical (unpaired) electrons. The van der Waals surface area contributed by atoms with Crippen LogP contribution >= 0.6 is 0 Å². The molecule has 0 saturated heterocycles. The second-order valence-electron chi connectivity index (χ2n) is 3.75. The molecule has 0 aliphatic carbocycles. The van der Waals surface area contributed by atoms with E-state index >= 15 is 0 Å². The Balaban J connectivity index is 2.23. The molecule has 1 aromatic rings. The van der Waals surface area contributed by atoms with Crippen LogP contribution in [0, 0.1) is 0 Å². The molecular weight excluding hydrogens is 210 g/mol. The van der Waals surface area contributed by atoms with E-state index < -0.39 is 5.97 Å². The van der Waals surface area contributed by atoms with Crippen LogP contribution in [-0.4, -0.2) is 38.6 Å². The fraction of sp³-hybridized carbons (Fsp3) is 0.500. The van der Waals surface area contributed by atoms with Crippen molar-refractivity contribution in [2.24, 2.45) is 0 Å². The minimum Gasteiger partial charge on any atom is -0.476 e.